The highest BCUT2D eigenvalue weighted by Crippen LogP contribution is 2.16. The molecule has 2 aromatic rings. The molecule has 0 fully saturated rings. The van der Waals surface area contributed by atoms with Gasteiger partial charge in [0.1, 0.15) is 5.78 Å². The number of carbonyl (C=O) groups excluding carboxylic acids is 1. The summed E-state index contributed by atoms with van der Waals surface area (Å²) >= 11 is 0. The summed E-state index contributed by atoms with van der Waals surface area (Å²) in [6, 6.07) is 7.82. The second-order valence-corrected chi connectivity index (χ2v) is 3.67. The van der Waals surface area contributed by atoms with Gasteiger partial charge in [0.05, 0.1) is 11.9 Å². The summed E-state index contributed by atoms with van der Waals surface area (Å²) in [5.74, 6) is 0.173. The summed E-state index contributed by atoms with van der Waals surface area (Å²) in [4.78, 5) is 19.2. The van der Waals surface area contributed by atoms with Gasteiger partial charge in [-0.1, -0.05) is 24.3 Å². The number of rotatable bonds is 3. The average molecular weight is 212 g/mol. The predicted molar refractivity (Wildman–Crippen MR) is 61.9 cm³/mol. The van der Waals surface area contributed by atoms with Crippen molar-refractivity contribution in [3.8, 4) is 11.3 Å². The summed E-state index contributed by atoms with van der Waals surface area (Å²) < 4.78 is 0. The number of carbonyl (C=O) groups is 1. The normalized spacial score (nSPS) is 10.1. The van der Waals surface area contributed by atoms with Crippen molar-refractivity contribution in [3.05, 3.63) is 48.4 Å². The van der Waals surface area contributed by atoms with Gasteiger partial charge in [-0.2, -0.15) is 0 Å². The van der Waals surface area contributed by atoms with Crippen LogP contribution in [-0.4, -0.2) is 15.8 Å². The van der Waals surface area contributed by atoms with Gasteiger partial charge in [0.15, 0.2) is 0 Å². The Morgan fingerprint density at radius 1 is 1.19 bits per heavy atom. The van der Waals surface area contributed by atoms with E-state index < -0.39 is 0 Å². The maximum absolute atomic E-state index is 10.9. The molecular formula is C13H12N2O. The van der Waals surface area contributed by atoms with E-state index in [-0.39, 0.29) is 5.78 Å². The molecule has 0 saturated carbocycles. The van der Waals surface area contributed by atoms with Crippen LogP contribution in [0.2, 0.25) is 0 Å². The van der Waals surface area contributed by atoms with E-state index in [0.717, 1.165) is 16.8 Å². The second kappa shape index (κ2) is 4.66. The molecule has 3 heteroatoms. The van der Waals surface area contributed by atoms with E-state index in [0.29, 0.717) is 6.42 Å². The maximum Gasteiger partial charge on any atom is 0.134 e. The van der Waals surface area contributed by atoms with Crippen molar-refractivity contribution in [3.63, 3.8) is 0 Å². The lowest BCUT2D eigenvalue weighted by atomic mass is 10.1. The van der Waals surface area contributed by atoms with Crippen LogP contribution < -0.4 is 0 Å². The fourth-order valence-corrected chi connectivity index (χ4v) is 1.53. The van der Waals surface area contributed by atoms with Crippen LogP contribution in [0, 0.1) is 0 Å². The summed E-state index contributed by atoms with van der Waals surface area (Å²) in [5, 5.41) is 0. The van der Waals surface area contributed by atoms with Crippen molar-refractivity contribution in [2.24, 2.45) is 0 Å². The zero-order chi connectivity index (χ0) is 11.4. The van der Waals surface area contributed by atoms with Crippen molar-refractivity contribution in [1.29, 1.82) is 0 Å². The van der Waals surface area contributed by atoms with E-state index >= 15 is 0 Å². The van der Waals surface area contributed by atoms with Gasteiger partial charge in [-0.3, -0.25) is 14.8 Å². The SMILES string of the molecule is CC(=O)Cc1ccc(-c2cnccn2)cc1. The van der Waals surface area contributed by atoms with E-state index in [1.54, 1.807) is 25.5 Å². The molecule has 0 amide bonds. The molecule has 0 atom stereocenters. The van der Waals surface area contributed by atoms with Gasteiger partial charge in [0.2, 0.25) is 0 Å². The predicted octanol–water partition coefficient (Wildman–Crippen LogP) is 2.28. The number of hydrogen-bond donors (Lipinski definition) is 0. The first-order valence-electron chi connectivity index (χ1n) is 5.10. The van der Waals surface area contributed by atoms with E-state index in [1.807, 2.05) is 24.3 Å². The van der Waals surface area contributed by atoms with Gasteiger partial charge in [0.25, 0.3) is 0 Å². The lowest BCUT2D eigenvalue weighted by Gasteiger charge is -2.01. The summed E-state index contributed by atoms with van der Waals surface area (Å²) in [5.41, 5.74) is 2.89. The largest absolute Gasteiger partial charge is 0.300 e. The van der Waals surface area contributed by atoms with Crippen LogP contribution >= 0.6 is 0 Å². The van der Waals surface area contributed by atoms with Crippen molar-refractivity contribution < 1.29 is 4.79 Å². The van der Waals surface area contributed by atoms with Crippen molar-refractivity contribution in [2.45, 2.75) is 13.3 Å². The summed E-state index contributed by atoms with van der Waals surface area (Å²) in [7, 11) is 0. The van der Waals surface area contributed by atoms with Crippen molar-refractivity contribution in [1.82, 2.24) is 9.97 Å². The smallest absolute Gasteiger partial charge is 0.134 e. The zero-order valence-electron chi connectivity index (χ0n) is 9.05. The summed E-state index contributed by atoms with van der Waals surface area (Å²) in [6.45, 7) is 1.59. The standard InChI is InChI=1S/C13H12N2O/c1-10(16)8-11-2-4-12(5-3-11)13-9-14-6-7-15-13/h2-7,9H,8H2,1H3. The lowest BCUT2D eigenvalue weighted by molar-refractivity contribution is -0.116. The Morgan fingerprint density at radius 3 is 2.50 bits per heavy atom. The Hall–Kier alpha value is -2.03. The monoisotopic (exact) mass is 212 g/mol. The fraction of sp³-hybridized carbons (Fsp3) is 0.154. The molecule has 1 aromatic heterocycles. The molecule has 0 radical (unpaired) electrons. The molecular weight excluding hydrogens is 200 g/mol. The fourth-order valence-electron chi connectivity index (χ4n) is 1.53. The third kappa shape index (κ3) is 2.51. The Kier molecular flexibility index (Phi) is 3.05. The van der Waals surface area contributed by atoms with Crippen LogP contribution in [0.3, 0.4) is 0 Å². The highest BCUT2D eigenvalue weighted by molar-refractivity contribution is 5.78. The van der Waals surface area contributed by atoms with E-state index in [9.17, 15) is 4.79 Å². The number of benzene rings is 1. The van der Waals surface area contributed by atoms with Crippen molar-refractivity contribution >= 4 is 5.78 Å². The molecule has 0 unspecified atom stereocenters. The Labute approximate surface area is 94.2 Å². The maximum atomic E-state index is 10.9. The van der Waals surface area contributed by atoms with Gasteiger partial charge < -0.3 is 0 Å². The van der Waals surface area contributed by atoms with Gasteiger partial charge in [0, 0.05) is 24.4 Å². The molecule has 3 nitrogen and oxygen atoms in total. The summed E-state index contributed by atoms with van der Waals surface area (Å²) in [6.07, 6.45) is 5.52. The number of nitrogens with zero attached hydrogens (tertiary/aromatic N) is 2. The highest BCUT2D eigenvalue weighted by atomic mass is 16.1. The average Bonchev–Trinajstić information content (AvgIpc) is 2.30. The van der Waals surface area contributed by atoms with E-state index in [4.69, 9.17) is 0 Å². The molecule has 2 rings (SSSR count). The molecule has 1 heterocycles. The third-order valence-corrected chi connectivity index (χ3v) is 2.27. The van der Waals surface area contributed by atoms with Crippen LogP contribution in [0.25, 0.3) is 11.3 Å². The van der Waals surface area contributed by atoms with E-state index in [2.05, 4.69) is 9.97 Å². The quantitative estimate of drug-likeness (QED) is 0.783. The Balaban J connectivity index is 2.23. The minimum absolute atomic E-state index is 0.173. The number of aromatic nitrogens is 2. The first-order chi connectivity index (χ1) is 7.75. The molecule has 1 aromatic carbocycles. The van der Waals surface area contributed by atoms with Gasteiger partial charge in [-0.05, 0) is 12.5 Å². The van der Waals surface area contributed by atoms with Crippen LogP contribution in [0.15, 0.2) is 42.9 Å². The Morgan fingerprint density at radius 2 is 1.94 bits per heavy atom. The topological polar surface area (TPSA) is 42.9 Å². The molecule has 0 saturated heterocycles. The number of ketones is 1. The molecule has 0 aliphatic carbocycles. The van der Waals surface area contributed by atoms with Crippen molar-refractivity contribution in [2.75, 3.05) is 0 Å². The molecule has 80 valence electrons. The first-order valence-corrected chi connectivity index (χ1v) is 5.10. The number of Topliss-reactive ketones (excluding diaryl/α,β-unsaturated/α-hetero) is 1. The zero-order valence-corrected chi connectivity index (χ0v) is 9.05. The van der Waals surface area contributed by atoms with E-state index in [1.165, 1.54) is 0 Å². The van der Waals surface area contributed by atoms with Gasteiger partial charge in [-0.25, -0.2) is 0 Å². The number of hydrogen-bond acceptors (Lipinski definition) is 3. The lowest BCUT2D eigenvalue weighted by Crippen LogP contribution is -1.95. The molecule has 16 heavy (non-hydrogen) atoms. The second-order valence-electron chi connectivity index (χ2n) is 3.67. The van der Waals surface area contributed by atoms with Crippen LogP contribution in [0.5, 0.6) is 0 Å². The Bertz CT molecular complexity index is 477. The van der Waals surface area contributed by atoms with Gasteiger partial charge >= 0.3 is 0 Å². The van der Waals surface area contributed by atoms with Gasteiger partial charge in [-0.15, -0.1) is 0 Å². The minimum Gasteiger partial charge on any atom is -0.300 e. The van der Waals surface area contributed by atoms with Crippen LogP contribution in [0.4, 0.5) is 0 Å². The first kappa shape index (κ1) is 10.5. The highest BCUT2D eigenvalue weighted by Gasteiger charge is 2.00. The molecule has 0 spiro atoms. The molecule has 0 bridgehead atoms. The van der Waals surface area contributed by atoms with Crippen LogP contribution in [-0.2, 0) is 11.2 Å². The molecule has 0 aliphatic rings. The minimum atomic E-state index is 0.173. The third-order valence-electron chi connectivity index (χ3n) is 2.27. The molecule has 0 aliphatic heterocycles. The van der Waals surface area contributed by atoms with Crippen LogP contribution in [0.1, 0.15) is 12.5 Å². The molecule has 0 N–H and O–H groups in total.